The van der Waals surface area contributed by atoms with Gasteiger partial charge in [-0.1, -0.05) is 29.3 Å². The van der Waals surface area contributed by atoms with Crippen LogP contribution in [0.4, 0.5) is 16.2 Å². The summed E-state index contributed by atoms with van der Waals surface area (Å²) in [6, 6.07) is 11.1. The third-order valence-corrected chi connectivity index (χ3v) is 8.91. The maximum absolute atomic E-state index is 13.1. The average Bonchev–Trinajstić information content (AvgIpc) is 3.22. The van der Waals surface area contributed by atoms with Crippen LogP contribution in [0.25, 0.3) is 0 Å². The molecule has 0 radical (unpaired) electrons. The predicted molar refractivity (Wildman–Crippen MR) is 134 cm³/mol. The topological polar surface area (TPSA) is 113 Å². The predicted octanol–water partition coefficient (Wildman–Crippen LogP) is 5.02. The van der Waals surface area contributed by atoms with Crippen LogP contribution in [0.15, 0.2) is 57.6 Å². The van der Waals surface area contributed by atoms with Gasteiger partial charge in [0.1, 0.15) is 4.21 Å². The monoisotopic (exact) mass is 555 g/mol. The van der Waals surface area contributed by atoms with Crippen molar-refractivity contribution in [2.24, 2.45) is 0 Å². The van der Waals surface area contributed by atoms with E-state index in [1.54, 1.807) is 12.1 Å². The lowest BCUT2D eigenvalue weighted by Crippen LogP contribution is -2.42. The molecule has 4 rings (SSSR count). The number of thiophene rings is 1. The summed E-state index contributed by atoms with van der Waals surface area (Å²) >= 11 is 14.4. The number of thioether (sulfide) groups is 1. The van der Waals surface area contributed by atoms with Crippen molar-refractivity contribution in [3.8, 4) is 0 Å². The van der Waals surface area contributed by atoms with Gasteiger partial charge in [-0.2, -0.15) is 0 Å². The quantitative estimate of drug-likeness (QED) is 0.337. The molecule has 0 saturated heterocycles. The van der Waals surface area contributed by atoms with Crippen LogP contribution in [-0.4, -0.2) is 32.5 Å². The zero-order valence-corrected chi connectivity index (χ0v) is 21.3. The summed E-state index contributed by atoms with van der Waals surface area (Å²) in [6.07, 6.45) is 1.93. The summed E-state index contributed by atoms with van der Waals surface area (Å²) in [5.74, 6) is -0.932. The first-order valence-electron chi connectivity index (χ1n) is 9.52. The van der Waals surface area contributed by atoms with Crippen molar-refractivity contribution in [3.63, 3.8) is 0 Å². The van der Waals surface area contributed by atoms with E-state index in [4.69, 9.17) is 23.2 Å². The lowest BCUT2D eigenvalue weighted by atomic mass is 9.98. The number of sulfonamides is 1. The molecular weight excluding hydrogens is 541 g/mol. The fraction of sp³-hybridized carbons (Fsp3) is 0.0952. The van der Waals surface area contributed by atoms with Gasteiger partial charge in [0.25, 0.3) is 15.9 Å². The number of carbonyl (C=O) groups is 3. The number of fused-ring (bicyclic) bond motifs is 1. The second-order valence-electron chi connectivity index (χ2n) is 7.02. The Hall–Kier alpha value is -2.57. The van der Waals surface area contributed by atoms with Crippen LogP contribution in [-0.2, 0) is 21.2 Å². The molecule has 2 heterocycles. The third kappa shape index (κ3) is 4.93. The summed E-state index contributed by atoms with van der Waals surface area (Å²) in [6.45, 7) is 0. The second kappa shape index (κ2) is 9.59. The first-order valence-corrected chi connectivity index (χ1v) is 13.8. The molecule has 34 heavy (non-hydrogen) atoms. The highest BCUT2D eigenvalue weighted by molar-refractivity contribution is 7.98. The molecule has 0 unspecified atom stereocenters. The largest absolute Gasteiger partial charge is 0.333 e. The molecule has 3 aromatic rings. The number of halogens is 2. The van der Waals surface area contributed by atoms with Crippen LogP contribution in [0, 0.1) is 0 Å². The van der Waals surface area contributed by atoms with E-state index in [0.29, 0.717) is 11.1 Å². The van der Waals surface area contributed by atoms with Gasteiger partial charge in [0.05, 0.1) is 21.5 Å². The zero-order valence-electron chi connectivity index (χ0n) is 17.3. The summed E-state index contributed by atoms with van der Waals surface area (Å²) in [7, 11) is -4.10. The van der Waals surface area contributed by atoms with E-state index in [0.717, 1.165) is 21.1 Å². The minimum Gasteiger partial charge on any atom is -0.307 e. The van der Waals surface area contributed by atoms with Gasteiger partial charge in [0, 0.05) is 16.1 Å². The summed E-state index contributed by atoms with van der Waals surface area (Å²) in [4.78, 5) is 39.9. The summed E-state index contributed by atoms with van der Waals surface area (Å²) < 4.78 is 26.5. The number of hydrogen-bond acceptors (Lipinski definition) is 7. The Morgan fingerprint density at radius 2 is 1.85 bits per heavy atom. The number of urea groups is 1. The highest BCUT2D eigenvalue weighted by Gasteiger charge is 2.33. The van der Waals surface area contributed by atoms with Gasteiger partial charge in [0.2, 0.25) is 5.91 Å². The molecule has 1 aliphatic rings. The minimum atomic E-state index is -4.10. The van der Waals surface area contributed by atoms with Gasteiger partial charge < -0.3 is 5.32 Å². The Morgan fingerprint density at radius 3 is 2.50 bits per heavy atom. The van der Waals surface area contributed by atoms with Crippen LogP contribution in [0.1, 0.15) is 15.9 Å². The maximum atomic E-state index is 13.1. The Bertz CT molecular complexity index is 1440. The van der Waals surface area contributed by atoms with Crippen molar-refractivity contribution < 1.29 is 22.8 Å². The summed E-state index contributed by atoms with van der Waals surface area (Å²) in [5, 5.41) is 2.39. The van der Waals surface area contributed by atoms with Crippen molar-refractivity contribution in [2.75, 3.05) is 16.5 Å². The van der Waals surface area contributed by atoms with Crippen LogP contribution >= 0.6 is 46.3 Å². The van der Waals surface area contributed by atoms with Gasteiger partial charge >= 0.3 is 6.03 Å². The van der Waals surface area contributed by atoms with Crippen molar-refractivity contribution in [2.45, 2.75) is 15.5 Å². The fourth-order valence-electron chi connectivity index (χ4n) is 3.29. The molecule has 4 amide bonds. The Labute approximate surface area is 213 Å². The molecule has 0 bridgehead atoms. The van der Waals surface area contributed by atoms with Crippen molar-refractivity contribution in [1.82, 2.24) is 4.72 Å². The highest BCUT2D eigenvalue weighted by atomic mass is 35.5. The number of rotatable bonds is 5. The smallest absolute Gasteiger partial charge is 0.307 e. The number of anilines is 2. The number of carbonyl (C=O) groups excluding carboxylic acids is 3. The molecule has 2 aromatic carbocycles. The number of nitrogens with zero attached hydrogens (tertiary/aromatic N) is 1. The van der Waals surface area contributed by atoms with E-state index < -0.39 is 27.9 Å². The molecule has 0 atom stereocenters. The SMILES string of the molecule is CSc1ccc2c(c1)C(=O)N(c1ccc(NC(=O)NS(=O)(=O)c3ccc(Cl)s3)cc1Cl)C(=O)C2. The molecule has 0 spiro atoms. The Balaban J connectivity index is 1.53. The zero-order chi connectivity index (χ0) is 24.6. The van der Waals surface area contributed by atoms with Crippen molar-refractivity contribution >= 4 is 85.5 Å². The number of amides is 4. The number of benzene rings is 2. The van der Waals surface area contributed by atoms with E-state index in [2.05, 4.69) is 5.32 Å². The normalized spacial score (nSPS) is 13.6. The van der Waals surface area contributed by atoms with Gasteiger partial charge in [0.15, 0.2) is 0 Å². The van der Waals surface area contributed by atoms with E-state index in [9.17, 15) is 22.8 Å². The fourth-order valence-corrected chi connectivity index (χ4v) is 6.39. The van der Waals surface area contributed by atoms with E-state index in [1.807, 2.05) is 17.0 Å². The lowest BCUT2D eigenvalue weighted by molar-refractivity contribution is -0.117. The van der Waals surface area contributed by atoms with Gasteiger partial charge in [-0.25, -0.2) is 22.8 Å². The van der Waals surface area contributed by atoms with Gasteiger partial charge in [-0.15, -0.1) is 23.1 Å². The maximum Gasteiger partial charge on any atom is 0.333 e. The molecule has 176 valence electrons. The molecule has 13 heteroatoms. The van der Waals surface area contributed by atoms with Gasteiger partial charge in [-0.05, 0) is 54.3 Å². The molecule has 1 aliphatic heterocycles. The average molecular weight is 556 g/mol. The third-order valence-electron chi connectivity index (χ3n) is 4.83. The first kappa shape index (κ1) is 24.6. The van der Waals surface area contributed by atoms with Crippen LogP contribution in [0.2, 0.25) is 9.36 Å². The molecule has 0 saturated carbocycles. The number of imide groups is 1. The molecule has 8 nitrogen and oxygen atoms in total. The van der Waals surface area contributed by atoms with Crippen molar-refractivity contribution in [1.29, 1.82) is 0 Å². The molecule has 0 aliphatic carbocycles. The van der Waals surface area contributed by atoms with Crippen LogP contribution < -0.4 is 14.9 Å². The summed E-state index contributed by atoms with van der Waals surface area (Å²) in [5.41, 5.74) is 1.38. The standard InChI is InChI=1S/C21H15Cl2N3O5S3/c1-32-13-4-2-11-8-18(27)26(20(28)14(11)10-13)16-5-3-12(9-15(16)22)24-21(29)25-34(30,31)19-7-6-17(23)33-19/h2-7,9-10H,8H2,1H3,(H2,24,25,29). The van der Waals surface area contributed by atoms with Crippen LogP contribution in [0.3, 0.4) is 0 Å². The molecule has 0 fully saturated rings. The Kier molecular flexibility index (Phi) is 6.92. The van der Waals surface area contributed by atoms with E-state index in [1.165, 1.54) is 42.1 Å². The second-order valence-corrected chi connectivity index (χ2v) is 11.9. The van der Waals surface area contributed by atoms with Crippen LogP contribution in [0.5, 0.6) is 0 Å². The molecular formula is C21H15Cl2N3O5S3. The minimum absolute atomic E-state index is 0.0249. The van der Waals surface area contributed by atoms with E-state index in [-0.39, 0.29) is 31.4 Å². The molecule has 2 N–H and O–H groups in total. The first-order chi connectivity index (χ1) is 16.1. The highest BCUT2D eigenvalue weighted by Crippen LogP contribution is 2.34. The van der Waals surface area contributed by atoms with Gasteiger partial charge in [-0.3, -0.25) is 9.59 Å². The Morgan fingerprint density at radius 1 is 1.09 bits per heavy atom. The molecule has 1 aromatic heterocycles. The van der Waals surface area contributed by atoms with Crippen molar-refractivity contribution in [3.05, 3.63) is 69.0 Å². The van der Waals surface area contributed by atoms with E-state index >= 15 is 0 Å². The lowest BCUT2D eigenvalue weighted by Gasteiger charge is -2.28. The number of hydrogen-bond donors (Lipinski definition) is 2. The number of nitrogens with one attached hydrogen (secondary N) is 2.